The SMILES string of the molecule is C.C#CC(O)CCCCC.C#CC(O)CCCCC.C#CCCCC.CCCCC(F)(F)C(=O)O.CCCCCC(O)C#C/C=C\CCCC/C=C\CCC(F)(F)C(=O)O.CCCCCC(O)C#C/C=C\CCCCC=O.CCCCCC(O)C#C/C=C\CCCCC=O.CCCCCC=O.O=[C-]/C(=N\N=O)O[O-].OCCCCC/C=C\I.OCCCCC/C=C\I.OCCCCCC#CI.[Br-].[C-]#C.[K+].[K+].[Li+]. The molecule has 0 aromatic heterocycles. The molecule has 0 rings (SSSR count). The van der Waals surface area contributed by atoms with Crippen molar-refractivity contribution in [1.82, 2.24) is 0 Å². The van der Waals surface area contributed by atoms with Crippen molar-refractivity contribution in [2.45, 2.75) is 465 Å². The van der Waals surface area contributed by atoms with Crippen LogP contribution in [0.4, 0.5) is 17.6 Å². The van der Waals surface area contributed by atoms with E-state index >= 15 is 0 Å². The van der Waals surface area contributed by atoms with Crippen LogP contribution in [0.5, 0.6) is 0 Å². The second kappa shape index (κ2) is 175. The number of aliphatic hydroxyl groups excluding tert-OH is 8. The van der Waals surface area contributed by atoms with Crippen LogP contribution >= 0.6 is 67.8 Å². The number of alkyl halides is 4. The summed E-state index contributed by atoms with van der Waals surface area (Å²) in [6.45, 7) is 17.7. The van der Waals surface area contributed by atoms with Gasteiger partial charge in [0.1, 0.15) is 49.4 Å². The fraction of sp³-hybridized carbons (Fsp3) is 0.682. The molecule has 0 aliphatic rings. The Bertz CT molecular complexity index is 3150. The normalized spacial score (nSPS) is 10.9. The van der Waals surface area contributed by atoms with Crippen molar-refractivity contribution in [2.24, 2.45) is 10.4 Å². The minimum atomic E-state index is -3.64. The Morgan fingerprint density at radius 1 is 0.423 bits per heavy atom. The summed E-state index contributed by atoms with van der Waals surface area (Å²) in [7, 11) is 0. The molecule has 32 heteroatoms. The summed E-state index contributed by atoms with van der Waals surface area (Å²) in [4.78, 5) is 71.2. The molecule has 0 spiro atoms. The van der Waals surface area contributed by atoms with E-state index in [4.69, 9.17) is 71.6 Å². The van der Waals surface area contributed by atoms with E-state index in [2.05, 4.69) is 185 Å². The standard InChI is InChI=1S/C20H30F2O3.2C15H24O2.2C8H14O.2C7H13IO.C7H11IO.C6H10F2O2.C6H12O.C6H10.C2HN2O4.C2H.CH4.BrH.2K.Li/c1-2-3-12-15-18(23)16-13-10-8-6-4-5-7-9-11-14-17-20(21,22)19(24)25;2*1-2-3-9-12-15(17)13-10-7-5-4-6-8-11-14-16;2*1-3-5-6-7-8(9)4-2;3*8-6-4-2-1-3-5-7-9;1-2-3-4-6(7,8)5(9)10;1-2-3-4-5-6-7;1-3-5-6-4-2;5-1-2(8-7)3-4-6;1-2;;;;;/h8-11,18,23H,2-7,12,14-15,17H2,1H3,(H,24,25);2*5,7,14-15,17H,2-4,6,8-9,11-12H2,1H3;2*2,8-9H,3,5-7H2,1H3;2*4,6,9H,1-3,5,7H2;9H,1-3,5,7H2;2-4H2,1H3,(H,9,10);6H,2-5H2,1H3;1H,4-6H2,2H3;7H;1H;1H4;1H;;;/q;;;;;;;;;;;2*-1;;;3*+1/p-2/b10-8-,11-9-;2*7-5-;;;2*6-4-;;;;;3-2+;;;;;;. The number of halogens is 8. The third kappa shape index (κ3) is 206. The van der Waals surface area contributed by atoms with E-state index in [0.29, 0.717) is 39.1 Å². The van der Waals surface area contributed by atoms with Crippen LogP contribution in [0.25, 0.3) is 0 Å². The van der Waals surface area contributed by atoms with Crippen molar-refractivity contribution in [1.29, 1.82) is 0 Å². The summed E-state index contributed by atoms with van der Waals surface area (Å²) < 4.78 is 56.7. The molecular weight excluding hydrogens is 2270 g/mol. The molecule has 0 amide bonds. The van der Waals surface area contributed by atoms with E-state index in [1.54, 1.807) is 31.2 Å². The van der Waals surface area contributed by atoms with E-state index < -0.39 is 73.0 Å². The van der Waals surface area contributed by atoms with Gasteiger partial charge in [-0.2, -0.15) is 23.8 Å². The average molecular weight is 2460 g/mol. The molecule has 5 unspecified atom stereocenters. The summed E-state index contributed by atoms with van der Waals surface area (Å²) in [6, 6.07) is 0. The first kappa shape index (κ1) is 181. The molecule has 0 bridgehead atoms. The monoisotopic (exact) mass is 2450 g/mol. The number of aliphatic hydroxyl groups is 8. The maximum absolute atomic E-state index is 12.8. The second-order valence-corrected chi connectivity index (χ2v) is 32.1. The molecule has 0 fully saturated rings. The molecule has 0 saturated heterocycles. The molecule has 0 saturated carbocycles. The number of unbranched alkanes of at least 4 members (excludes halogenated alkanes) is 34. The molecule has 0 aliphatic heterocycles. The number of allylic oxidation sites excluding steroid dienone is 10. The summed E-state index contributed by atoms with van der Waals surface area (Å²) >= 11 is 6.48. The Morgan fingerprint density at radius 3 is 0.951 bits per heavy atom. The maximum atomic E-state index is 12.8. The number of terminal acetylenes is 4. The summed E-state index contributed by atoms with van der Waals surface area (Å²) in [6.07, 6.45) is 95.7. The van der Waals surface area contributed by atoms with Gasteiger partial charge in [0, 0.05) is 87.4 Å². The Kier molecular flexibility index (Phi) is 223. The Hall–Kier alpha value is -2.49. The van der Waals surface area contributed by atoms with Gasteiger partial charge in [-0.1, -0.05) is 313 Å². The summed E-state index contributed by atoms with van der Waals surface area (Å²) in [5.74, 6) is 14.8. The number of aldehydes is 3. The molecule has 142 heavy (non-hydrogen) atoms. The predicted molar refractivity (Wildman–Crippen MR) is 588 cm³/mol. The van der Waals surface area contributed by atoms with Crippen LogP contribution in [0.2, 0.25) is 0 Å². The van der Waals surface area contributed by atoms with Crippen molar-refractivity contribution in [3.8, 4) is 88.8 Å². The van der Waals surface area contributed by atoms with Crippen molar-refractivity contribution < 1.29 is 246 Å². The van der Waals surface area contributed by atoms with Crippen molar-refractivity contribution in [2.75, 3.05) is 19.8 Å². The van der Waals surface area contributed by atoms with Gasteiger partial charge in [-0.15, -0.1) is 35.2 Å². The van der Waals surface area contributed by atoms with Gasteiger partial charge >= 0.3 is 145 Å². The molecule has 21 nitrogen and oxygen atoms in total. The van der Waals surface area contributed by atoms with Crippen LogP contribution in [-0.2, 0) is 33.7 Å². The van der Waals surface area contributed by atoms with Crippen molar-refractivity contribution in [3.05, 3.63) is 80.3 Å². The van der Waals surface area contributed by atoms with Crippen LogP contribution in [0.3, 0.4) is 0 Å². The number of carbonyl (C=O) groups excluding carboxylic acids is 4. The molecule has 804 valence electrons. The third-order valence-electron chi connectivity index (χ3n) is 17.4. The van der Waals surface area contributed by atoms with Crippen molar-refractivity contribution in [3.63, 3.8) is 0 Å². The first-order valence-electron chi connectivity index (χ1n) is 48.8. The third-order valence-corrected chi connectivity index (χ3v) is 18.8. The van der Waals surface area contributed by atoms with Crippen LogP contribution in [0.15, 0.2) is 79.3 Å². The van der Waals surface area contributed by atoms with E-state index in [1.165, 1.54) is 77.0 Å². The molecule has 0 aromatic carbocycles. The van der Waals surface area contributed by atoms with Crippen molar-refractivity contribution >= 4 is 111 Å². The van der Waals surface area contributed by atoms with Gasteiger partial charge < -0.3 is 110 Å². The second-order valence-electron chi connectivity index (χ2n) is 30.1. The number of carbonyl (C=O) groups is 5. The number of rotatable bonds is 65. The summed E-state index contributed by atoms with van der Waals surface area (Å²) in [5, 5.41) is 101. The van der Waals surface area contributed by atoms with E-state index in [-0.39, 0.29) is 159 Å². The number of hydrogen-bond acceptors (Lipinski definition) is 18. The average Bonchev–Trinajstić information content (AvgIpc) is 0.904. The first-order valence-corrected chi connectivity index (χ1v) is 52.3. The first-order chi connectivity index (χ1) is 66.1. The molecule has 0 aromatic rings. The van der Waals surface area contributed by atoms with Crippen LogP contribution in [-0.4, -0.2) is 156 Å². The maximum Gasteiger partial charge on any atom is 1.00 e. The van der Waals surface area contributed by atoms with Gasteiger partial charge in [0.2, 0.25) is 0 Å². The van der Waals surface area contributed by atoms with Crippen LogP contribution < -0.4 is 144 Å². The predicted octanol–water partition coefficient (Wildman–Crippen LogP) is 14.4. The fourth-order valence-electron chi connectivity index (χ4n) is 9.42. The smallest absolute Gasteiger partial charge is 1.00 e. The zero-order valence-corrected chi connectivity index (χ0v) is 102. The molecule has 5 atom stereocenters. The number of nitroso groups, excluding NO2 is 1. The molecule has 10 N–H and O–H groups in total. The van der Waals surface area contributed by atoms with Gasteiger partial charge in [0.05, 0.1) is 11.2 Å². The number of carboxylic acid groups (broad SMARTS) is 2. The minimum absolute atomic E-state index is 0. The molecule has 0 aliphatic carbocycles. The van der Waals surface area contributed by atoms with Crippen LogP contribution in [0, 0.1) is 100 Å². The number of aliphatic carboxylic acids is 2. The van der Waals surface area contributed by atoms with E-state index in [0.717, 1.165) is 263 Å². The molecular formula is C110H180BrF4I3K2LiN2O19-. The van der Waals surface area contributed by atoms with Gasteiger partial charge in [0.25, 0.3) is 0 Å². The molecule has 0 radical (unpaired) electrons. The zero-order valence-electron chi connectivity index (χ0n) is 87.6. The van der Waals surface area contributed by atoms with E-state index in [1.807, 2.05) is 60.3 Å². The Labute approximate surface area is 1010 Å². The zero-order chi connectivity index (χ0) is 107. The van der Waals surface area contributed by atoms with Gasteiger partial charge in [-0.3, -0.25) is 0 Å². The van der Waals surface area contributed by atoms with Gasteiger partial charge in [-0.05, 0) is 236 Å². The fourth-order valence-corrected chi connectivity index (χ4v) is 10.4. The number of hydrogen-bond donors (Lipinski definition) is 10. The Morgan fingerprint density at radius 2 is 0.697 bits per heavy atom. The number of carboxylic acids is 2. The molecule has 0 heterocycles. The van der Waals surface area contributed by atoms with Crippen LogP contribution in [0.1, 0.15) is 422 Å². The largest absolute Gasteiger partial charge is 1.00 e. The van der Waals surface area contributed by atoms with Gasteiger partial charge in [0.15, 0.2) is 0 Å². The minimum Gasteiger partial charge on any atom is -1.00 e. The van der Waals surface area contributed by atoms with E-state index in [9.17, 15) is 61.6 Å². The Balaban J connectivity index is -0.0000000752. The quantitative estimate of drug-likeness (QED) is 0.00216. The number of nitrogens with zero attached hydrogens (tertiary/aromatic N) is 2. The van der Waals surface area contributed by atoms with Gasteiger partial charge in [-0.25, -0.2) is 9.59 Å². The topological polar surface area (TPSA) is 379 Å². The summed E-state index contributed by atoms with van der Waals surface area (Å²) in [5.41, 5.74) is 0.